The molecule has 2 heterocycles. The molecule has 6 heteroatoms. The van der Waals surface area contributed by atoms with Crippen LogP contribution >= 0.6 is 0 Å². The summed E-state index contributed by atoms with van der Waals surface area (Å²) < 4.78 is 18.5. The first-order valence-electron chi connectivity index (χ1n) is 7.11. The molecule has 0 N–H and O–H groups in total. The van der Waals surface area contributed by atoms with Crippen LogP contribution in [0.15, 0.2) is 47.7 Å². The number of pyridine rings is 1. The molecule has 0 bridgehead atoms. The summed E-state index contributed by atoms with van der Waals surface area (Å²) in [5.41, 5.74) is 1.15. The molecule has 5 nitrogen and oxygen atoms in total. The number of nitrogens with zero attached hydrogens (tertiary/aromatic N) is 2. The van der Waals surface area contributed by atoms with Crippen molar-refractivity contribution < 1.29 is 18.7 Å². The maximum absolute atomic E-state index is 13.4. The summed E-state index contributed by atoms with van der Waals surface area (Å²) in [6, 6.07) is 7.04. The van der Waals surface area contributed by atoms with Crippen molar-refractivity contribution in [3.05, 3.63) is 59.7 Å². The van der Waals surface area contributed by atoms with Crippen LogP contribution in [0.1, 0.15) is 22.8 Å². The number of aliphatic imine (C=N–C) groups is 1. The highest BCUT2D eigenvalue weighted by atomic mass is 19.1. The first-order chi connectivity index (χ1) is 11.1. The molecular weight excluding hydrogens is 299 g/mol. The standard InChI is InChI=1S/C17H13FN2O3/c1-2-23-17(22)14-15(10-4-3-7-19-9-10)20-13-8-11(18)5-6-12(13)16(14)21/h3-9,14H,2H2,1H3. The zero-order valence-corrected chi connectivity index (χ0v) is 12.3. The van der Waals surface area contributed by atoms with E-state index in [0.717, 1.165) is 0 Å². The molecule has 116 valence electrons. The molecule has 0 saturated carbocycles. The Bertz CT molecular complexity index is 803. The summed E-state index contributed by atoms with van der Waals surface area (Å²) in [5, 5.41) is 0. The third-order valence-corrected chi connectivity index (χ3v) is 3.48. The second kappa shape index (κ2) is 6.08. The van der Waals surface area contributed by atoms with E-state index in [1.807, 2.05) is 0 Å². The van der Waals surface area contributed by atoms with E-state index in [4.69, 9.17) is 4.74 Å². The van der Waals surface area contributed by atoms with Gasteiger partial charge in [0.15, 0.2) is 11.7 Å². The fraction of sp³-hybridized carbons (Fsp3) is 0.176. The molecule has 2 aromatic rings. The van der Waals surface area contributed by atoms with E-state index in [-0.39, 0.29) is 23.6 Å². The first-order valence-corrected chi connectivity index (χ1v) is 7.11. The molecule has 1 aliphatic heterocycles. The quantitative estimate of drug-likeness (QED) is 0.645. The number of Topliss-reactive ketones (excluding diaryl/α,β-unsaturated/α-hetero) is 1. The van der Waals surface area contributed by atoms with Crippen LogP contribution in [0.3, 0.4) is 0 Å². The van der Waals surface area contributed by atoms with E-state index in [1.165, 1.54) is 24.4 Å². The number of rotatable bonds is 3. The molecule has 0 radical (unpaired) electrons. The molecule has 3 rings (SSSR count). The van der Waals surface area contributed by atoms with Crippen LogP contribution < -0.4 is 0 Å². The average Bonchev–Trinajstić information content (AvgIpc) is 2.55. The molecule has 1 aromatic carbocycles. The lowest BCUT2D eigenvalue weighted by atomic mass is 9.86. The van der Waals surface area contributed by atoms with Gasteiger partial charge in [0, 0.05) is 29.6 Å². The molecule has 1 atom stereocenters. The summed E-state index contributed by atoms with van der Waals surface area (Å²) in [4.78, 5) is 33.3. The second-order valence-corrected chi connectivity index (χ2v) is 4.95. The predicted octanol–water partition coefficient (Wildman–Crippen LogP) is 2.72. The van der Waals surface area contributed by atoms with E-state index in [0.29, 0.717) is 5.56 Å². The van der Waals surface area contributed by atoms with E-state index in [9.17, 15) is 14.0 Å². The van der Waals surface area contributed by atoms with Crippen molar-refractivity contribution in [2.75, 3.05) is 6.61 Å². The maximum atomic E-state index is 13.4. The summed E-state index contributed by atoms with van der Waals surface area (Å²) in [5.74, 6) is -2.79. The van der Waals surface area contributed by atoms with Gasteiger partial charge in [0.05, 0.1) is 18.0 Å². The Morgan fingerprint density at radius 3 is 2.87 bits per heavy atom. The number of ether oxygens (including phenoxy) is 1. The van der Waals surface area contributed by atoms with Crippen LogP contribution in [0.25, 0.3) is 0 Å². The Morgan fingerprint density at radius 2 is 2.17 bits per heavy atom. The Morgan fingerprint density at radius 1 is 1.35 bits per heavy atom. The highest BCUT2D eigenvalue weighted by Crippen LogP contribution is 2.32. The molecule has 0 saturated heterocycles. The molecule has 0 amide bonds. The minimum atomic E-state index is -1.17. The zero-order chi connectivity index (χ0) is 16.4. The average molecular weight is 312 g/mol. The largest absolute Gasteiger partial charge is 0.465 e. The summed E-state index contributed by atoms with van der Waals surface area (Å²) in [6.07, 6.45) is 3.07. The van der Waals surface area contributed by atoms with Gasteiger partial charge in [-0.25, -0.2) is 4.39 Å². The van der Waals surface area contributed by atoms with Crippen molar-refractivity contribution >= 4 is 23.2 Å². The van der Waals surface area contributed by atoms with Gasteiger partial charge < -0.3 is 4.74 Å². The topological polar surface area (TPSA) is 68.6 Å². The molecule has 0 aliphatic carbocycles. The number of hydrogen-bond acceptors (Lipinski definition) is 5. The summed E-state index contributed by atoms with van der Waals surface area (Å²) in [6.45, 7) is 1.81. The van der Waals surface area contributed by atoms with Crippen LogP contribution in [-0.4, -0.2) is 29.1 Å². The Balaban J connectivity index is 2.17. The number of fused-ring (bicyclic) bond motifs is 1. The minimum Gasteiger partial charge on any atom is -0.465 e. The number of esters is 1. The number of halogens is 1. The van der Waals surface area contributed by atoms with Gasteiger partial charge in [0.2, 0.25) is 0 Å². The molecule has 1 aromatic heterocycles. The van der Waals surface area contributed by atoms with Crippen LogP contribution in [0.2, 0.25) is 0 Å². The van der Waals surface area contributed by atoms with Gasteiger partial charge in [0.25, 0.3) is 0 Å². The fourth-order valence-electron chi connectivity index (χ4n) is 2.47. The molecule has 0 fully saturated rings. The SMILES string of the molecule is CCOC(=O)C1C(=O)c2ccc(F)cc2N=C1c1cccnc1. The van der Waals surface area contributed by atoms with Crippen LogP contribution in [0.4, 0.5) is 10.1 Å². The Hall–Kier alpha value is -2.89. The molecule has 1 aliphatic rings. The highest BCUT2D eigenvalue weighted by molar-refractivity contribution is 6.31. The summed E-state index contributed by atoms with van der Waals surface area (Å²) in [7, 11) is 0. The molecular formula is C17H13FN2O3. The lowest BCUT2D eigenvalue weighted by Gasteiger charge is -2.22. The Kier molecular flexibility index (Phi) is 3.97. The number of ketones is 1. The van der Waals surface area contributed by atoms with E-state index >= 15 is 0 Å². The lowest BCUT2D eigenvalue weighted by molar-refractivity contribution is -0.144. The van der Waals surface area contributed by atoms with E-state index < -0.39 is 23.5 Å². The van der Waals surface area contributed by atoms with E-state index in [1.54, 1.807) is 25.3 Å². The Labute approximate surface area is 131 Å². The van der Waals surface area contributed by atoms with Crippen LogP contribution in [0.5, 0.6) is 0 Å². The first kappa shape index (κ1) is 15.0. The second-order valence-electron chi connectivity index (χ2n) is 4.95. The zero-order valence-electron chi connectivity index (χ0n) is 12.3. The van der Waals surface area contributed by atoms with Gasteiger partial charge in [-0.05, 0) is 25.1 Å². The van der Waals surface area contributed by atoms with Gasteiger partial charge in [-0.2, -0.15) is 0 Å². The smallest absolute Gasteiger partial charge is 0.323 e. The van der Waals surface area contributed by atoms with Gasteiger partial charge in [-0.1, -0.05) is 6.07 Å². The third kappa shape index (κ3) is 2.75. The lowest BCUT2D eigenvalue weighted by Crippen LogP contribution is -2.36. The van der Waals surface area contributed by atoms with Crippen molar-refractivity contribution in [1.82, 2.24) is 4.98 Å². The molecule has 0 spiro atoms. The molecule has 23 heavy (non-hydrogen) atoms. The van der Waals surface area contributed by atoms with Crippen molar-refractivity contribution in [2.24, 2.45) is 10.9 Å². The summed E-state index contributed by atoms with van der Waals surface area (Å²) >= 11 is 0. The van der Waals surface area contributed by atoms with Crippen molar-refractivity contribution in [3.8, 4) is 0 Å². The van der Waals surface area contributed by atoms with Gasteiger partial charge in [-0.3, -0.25) is 19.6 Å². The predicted molar refractivity (Wildman–Crippen MR) is 81.3 cm³/mol. The van der Waals surface area contributed by atoms with Crippen molar-refractivity contribution in [1.29, 1.82) is 0 Å². The van der Waals surface area contributed by atoms with E-state index in [2.05, 4.69) is 9.98 Å². The van der Waals surface area contributed by atoms with Crippen LogP contribution in [-0.2, 0) is 9.53 Å². The minimum absolute atomic E-state index is 0.152. The number of benzene rings is 1. The van der Waals surface area contributed by atoms with Crippen LogP contribution in [0, 0.1) is 11.7 Å². The van der Waals surface area contributed by atoms with Crippen molar-refractivity contribution in [2.45, 2.75) is 6.92 Å². The maximum Gasteiger partial charge on any atom is 0.323 e. The molecule has 1 unspecified atom stereocenters. The third-order valence-electron chi connectivity index (χ3n) is 3.48. The van der Waals surface area contributed by atoms with Crippen molar-refractivity contribution in [3.63, 3.8) is 0 Å². The highest BCUT2D eigenvalue weighted by Gasteiger charge is 2.39. The van der Waals surface area contributed by atoms with Gasteiger partial charge in [-0.15, -0.1) is 0 Å². The fourth-order valence-corrected chi connectivity index (χ4v) is 2.47. The van der Waals surface area contributed by atoms with Gasteiger partial charge in [0.1, 0.15) is 5.82 Å². The number of carbonyl (C=O) groups is 2. The number of carbonyl (C=O) groups excluding carboxylic acids is 2. The number of hydrogen-bond donors (Lipinski definition) is 0. The number of aromatic nitrogens is 1. The monoisotopic (exact) mass is 312 g/mol. The van der Waals surface area contributed by atoms with Gasteiger partial charge >= 0.3 is 5.97 Å². The normalized spacial score (nSPS) is 16.5.